The van der Waals surface area contributed by atoms with E-state index in [9.17, 15) is 9.59 Å². The summed E-state index contributed by atoms with van der Waals surface area (Å²) in [6.45, 7) is 0. The molecule has 3 nitrogen and oxygen atoms in total. The van der Waals surface area contributed by atoms with E-state index in [1.165, 1.54) is 16.3 Å². The zero-order valence-corrected chi connectivity index (χ0v) is 13.2. The smallest absolute Gasteiger partial charge is 0.268 e. The molecule has 0 bridgehead atoms. The number of nitrogens with zero attached hydrogens (tertiary/aromatic N) is 1. The number of alkyl halides is 2. The van der Waals surface area contributed by atoms with Crippen molar-refractivity contribution in [1.82, 2.24) is 4.31 Å². The summed E-state index contributed by atoms with van der Waals surface area (Å²) in [7, 11) is 0. The molecule has 1 aliphatic rings. The molecular weight excluding hydrogens is 317 g/mol. The minimum absolute atomic E-state index is 0.211. The Hall–Kier alpha value is -0.710. The summed E-state index contributed by atoms with van der Waals surface area (Å²) in [5, 5.41) is 0. The van der Waals surface area contributed by atoms with Gasteiger partial charge in [0.2, 0.25) is 0 Å². The molecule has 0 radical (unpaired) electrons. The first-order valence-electron chi connectivity index (χ1n) is 6.50. The number of hydrogen-bond acceptors (Lipinski definition) is 3. The van der Waals surface area contributed by atoms with Gasteiger partial charge < -0.3 is 0 Å². The molecule has 0 saturated carbocycles. The first-order valence-corrected chi connectivity index (χ1v) is 8.31. The number of benzene rings is 1. The number of carbonyl (C=O) groups excluding carboxylic acids is 2. The largest absolute Gasteiger partial charge is 0.271 e. The van der Waals surface area contributed by atoms with Crippen molar-refractivity contribution in [2.45, 2.75) is 30.5 Å². The van der Waals surface area contributed by atoms with Crippen molar-refractivity contribution in [2.24, 2.45) is 0 Å². The lowest BCUT2D eigenvalue weighted by molar-refractivity contribution is 0.0777. The Bertz CT molecular complexity index is 473. The van der Waals surface area contributed by atoms with Crippen LogP contribution in [0.4, 0.5) is 0 Å². The number of hydrogen-bond donors (Lipinski definition) is 0. The van der Waals surface area contributed by atoms with Crippen LogP contribution in [0.2, 0.25) is 0 Å². The lowest BCUT2D eigenvalue weighted by atomic mass is 10.1. The van der Waals surface area contributed by atoms with Crippen LogP contribution in [0.25, 0.3) is 0 Å². The van der Waals surface area contributed by atoms with Gasteiger partial charge in [-0.3, -0.25) is 9.59 Å². The van der Waals surface area contributed by atoms with Gasteiger partial charge >= 0.3 is 0 Å². The molecule has 0 N–H and O–H groups in total. The number of unbranched alkanes of at least 4 members (excludes halogenated alkanes) is 2. The minimum atomic E-state index is -0.307. The van der Waals surface area contributed by atoms with Crippen LogP contribution >= 0.6 is 35.1 Å². The van der Waals surface area contributed by atoms with Crippen molar-refractivity contribution < 1.29 is 9.59 Å². The fourth-order valence-corrected chi connectivity index (χ4v) is 3.27. The Morgan fingerprint density at radius 1 is 1.00 bits per heavy atom. The maximum Gasteiger partial charge on any atom is 0.271 e. The number of imide groups is 1. The summed E-state index contributed by atoms with van der Waals surface area (Å²) >= 11 is 12.6. The maximum absolute atomic E-state index is 12.1. The summed E-state index contributed by atoms with van der Waals surface area (Å²) in [5.74, 6) is 0.315. The van der Waals surface area contributed by atoms with Gasteiger partial charge in [0.05, 0.1) is 11.1 Å². The number of halogens is 2. The van der Waals surface area contributed by atoms with Gasteiger partial charge in [-0.15, -0.1) is 23.2 Å². The van der Waals surface area contributed by atoms with Crippen LogP contribution in [0.3, 0.4) is 0 Å². The van der Waals surface area contributed by atoms with Crippen LogP contribution in [-0.2, 0) is 0 Å². The van der Waals surface area contributed by atoms with Crippen LogP contribution in [-0.4, -0.2) is 26.7 Å². The normalized spacial score (nSPS) is 14.2. The van der Waals surface area contributed by atoms with E-state index < -0.39 is 0 Å². The molecule has 1 aromatic carbocycles. The first-order chi connectivity index (χ1) is 9.61. The molecule has 0 saturated heterocycles. The van der Waals surface area contributed by atoms with Gasteiger partial charge in [0.25, 0.3) is 11.8 Å². The summed E-state index contributed by atoms with van der Waals surface area (Å²) in [6.07, 6.45) is 3.66. The topological polar surface area (TPSA) is 37.4 Å². The highest BCUT2D eigenvalue weighted by atomic mass is 35.5. The van der Waals surface area contributed by atoms with Crippen LogP contribution in [0.1, 0.15) is 46.4 Å². The molecule has 2 rings (SSSR count). The molecule has 0 aromatic heterocycles. The molecule has 0 unspecified atom stereocenters. The molecule has 1 heterocycles. The molecule has 0 atom stereocenters. The number of amides is 2. The highest BCUT2D eigenvalue weighted by molar-refractivity contribution is 7.98. The van der Waals surface area contributed by atoms with E-state index >= 15 is 0 Å². The number of rotatable bonds is 7. The predicted octanol–water partition coefficient (Wildman–Crippen LogP) is 4.29. The van der Waals surface area contributed by atoms with Gasteiger partial charge in [-0.2, -0.15) is 0 Å². The zero-order chi connectivity index (χ0) is 14.5. The molecule has 6 heteroatoms. The lowest BCUT2D eigenvalue weighted by Crippen LogP contribution is -2.22. The van der Waals surface area contributed by atoms with Gasteiger partial charge in [0, 0.05) is 5.75 Å². The van der Waals surface area contributed by atoms with Crippen LogP contribution in [0.5, 0.6) is 0 Å². The van der Waals surface area contributed by atoms with Crippen molar-refractivity contribution >= 4 is 47.0 Å². The molecule has 1 aliphatic heterocycles. The Kier molecular flexibility index (Phi) is 5.75. The molecule has 108 valence electrons. The third-order valence-corrected chi connectivity index (χ3v) is 4.54. The molecule has 1 aromatic rings. The Balaban J connectivity index is 1.78. The van der Waals surface area contributed by atoms with Crippen molar-refractivity contribution in [3.63, 3.8) is 0 Å². The van der Waals surface area contributed by atoms with Gasteiger partial charge in [-0.05, 0) is 36.9 Å². The number of carbonyl (C=O) groups is 2. The van der Waals surface area contributed by atoms with E-state index in [1.54, 1.807) is 24.3 Å². The van der Waals surface area contributed by atoms with E-state index in [0.29, 0.717) is 11.1 Å². The summed E-state index contributed by atoms with van der Waals surface area (Å²) in [5.41, 5.74) is 0.995. The maximum atomic E-state index is 12.1. The van der Waals surface area contributed by atoms with Gasteiger partial charge in [-0.1, -0.05) is 25.0 Å². The van der Waals surface area contributed by atoms with Crippen molar-refractivity contribution in [1.29, 1.82) is 0 Å². The zero-order valence-electron chi connectivity index (χ0n) is 10.9. The molecule has 2 amide bonds. The summed E-state index contributed by atoms with van der Waals surface area (Å²) in [6, 6.07) is 6.92. The van der Waals surface area contributed by atoms with Gasteiger partial charge in [-0.25, -0.2) is 4.31 Å². The average Bonchev–Trinajstić information content (AvgIpc) is 2.67. The summed E-state index contributed by atoms with van der Waals surface area (Å²) < 4.78 is 1.26. The van der Waals surface area contributed by atoms with E-state index in [-0.39, 0.29) is 16.7 Å². The lowest BCUT2D eigenvalue weighted by Gasteiger charge is -2.11. The van der Waals surface area contributed by atoms with Crippen LogP contribution in [0.15, 0.2) is 24.3 Å². The van der Waals surface area contributed by atoms with Crippen LogP contribution in [0, 0.1) is 0 Å². The molecule has 0 aliphatic carbocycles. The molecular formula is C14H15Cl2NO2S. The van der Waals surface area contributed by atoms with Crippen molar-refractivity contribution in [3.8, 4) is 0 Å². The van der Waals surface area contributed by atoms with E-state index in [2.05, 4.69) is 0 Å². The van der Waals surface area contributed by atoms with Gasteiger partial charge in [0.1, 0.15) is 4.84 Å². The third kappa shape index (κ3) is 3.68. The standard InChI is InChI=1S/C14H15Cl2NO2S/c15-12(16)8-2-1-5-9-20-17-13(18)10-6-3-4-7-11(10)14(17)19/h3-4,6-7,12H,1-2,5,8-9H2. The Morgan fingerprint density at radius 2 is 1.60 bits per heavy atom. The quantitative estimate of drug-likeness (QED) is 0.323. The highest BCUT2D eigenvalue weighted by Gasteiger charge is 2.35. The fourth-order valence-electron chi connectivity index (χ4n) is 2.02. The highest BCUT2D eigenvalue weighted by Crippen LogP contribution is 2.28. The van der Waals surface area contributed by atoms with E-state index in [4.69, 9.17) is 23.2 Å². The third-order valence-electron chi connectivity index (χ3n) is 3.04. The SMILES string of the molecule is O=C1c2ccccc2C(=O)N1SCCCCCC(Cl)Cl. The first kappa shape index (κ1) is 15.7. The van der Waals surface area contributed by atoms with Crippen molar-refractivity contribution in [3.05, 3.63) is 35.4 Å². The minimum Gasteiger partial charge on any atom is -0.268 e. The Labute approximate surface area is 132 Å². The second-order valence-electron chi connectivity index (χ2n) is 4.52. The van der Waals surface area contributed by atoms with Crippen molar-refractivity contribution in [2.75, 3.05) is 5.75 Å². The monoisotopic (exact) mass is 331 g/mol. The average molecular weight is 332 g/mol. The van der Waals surface area contributed by atoms with E-state index in [1.807, 2.05) is 0 Å². The number of fused-ring (bicyclic) bond motifs is 1. The molecule has 20 heavy (non-hydrogen) atoms. The second kappa shape index (κ2) is 7.34. The molecule has 0 fully saturated rings. The fraction of sp³-hybridized carbons (Fsp3) is 0.429. The van der Waals surface area contributed by atoms with Gasteiger partial charge in [0.15, 0.2) is 0 Å². The Morgan fingerprint density at radius 3 is 2.15 bits per heavy atom. The second-order valence-corrected chi connectivity index (χ2v) is 6.83. The molecule has 0 spiro atoms. The predicted molar refractivity (Wildman–Crippen MR) is 83.4 cm³/mol. The summed E-state index contributed by atoms with van der Waals surface area (Å²) in [4.78, 5) is 23.8. The van der Waals surface area contributed by atoms with Crippen LogP contribution < -0.4 is 0 Å². The van der Waals surface area contributed by atoms with E-state index in [0.717, 1.165) is 31.4 Å².